The Morgan fingerprint density at radius 3 is 1.71 bits per heavy atom. The molecule has 0 atom stereocenters. The van der Waals surface area contributed by atoms with E-state index in [9.17, 15) is 0 Å². The van der Waals surface area contributed by atoms with Gasteiger partial charge in [0.1, 0.15) is 11.2 Å². The van der Waals surface area contributed by atoms with Gasteiger partial charge in [0.05, 0.1) is 16.7 Å². The van der Waals surface area contributed by atoms with Gasteiger partial charge in [0.25, 0.3) is 0 Å². The number of anilines is 3. The van der Waals surface area contributed by atoms with Crippen LogP contribution in [-0.2, 0) is 0 Å². The van der Waals surface area contributed by atoms with Crippen molar-refractivity contribution < 1.29 is 4.42 Å². The van der Waals surface area contributed by atoms with Crippen molar-refractivity contribution in [1.82, 2.24) is 4.57 Å². The minimum absolute atomic E-state index is 0.875. The normalized spacial score (nSPS) is 11.5. The van der Waals surface area contributed by atoms with Crippen LogP contribution >= 0.6 is 0 Å². The molecule has 0 spiro atoms. The summed E-state index contributed by atoms with van der Waals surface area (Å²) in [5.41, 5.74) is 13.0. The first-order valence-corrected chi connectivity index (χ1v) is 17.4. The Morgan fingerprint density at radius 1 is 0.373 bits per heavy atom. The van der Waals surface area contributed by atoms with Crippen LogP contribution < -0.4 is 4.90 Å². The van der Waals surface area contributed by atoms with Crippen molar-refractivity contribution in [2.75, 3.05) is 4.90 Å². The van der Waals surface area contributed by atoms with Crippen LogP contribution in [0, 0.1) is 0 Å². The Kier molecular flexibility index (Phi) is 6.81. The van der Waals surface area contributed by atoms with E-state index < -0.39 is 0 Å². The highest BCUT2D eigenvalue weighted by Crippen LogP contribution is 2.45. The van der Waals surface area contributed by atoms with Crippen molar-refractivity contribution in [2.24, 2.45) is 0 Å². The highest BCUT2D eigenvalue weighted by molar-refractivity contribution is 6.10. The van der Waals surface area contributed by atoms with Crippen molar-refractivity contribution in [3.63, 3.8) is 0 Å². The zero-order valence-electron chi connectivity index (χ0n) is 27.8. The van der Waals surface area contributed by atoms with E-state index in [0.29, 0.717) is 0 Å². The van der Waals surface area contributed by atoms with E-state index in [1.165, 1.54) is 21.8 Å². The quantitative estimate of drug-likeness (QED) is 0.178. The maximum atomic E-state index is 6.30. The summed E-state index contributed by atoms with van der Waals surface area (Å²) in [5.74, 6) is 0. The molecule has 3 heteroatoms. The maximum absolute atomic E-state index is 6.30. The van der Waals surface area contributed by atoms with Gasteiger partial charge in [-0.15, -0.1) is 0 Å². The van der Waals surface area contributed by atoms with Crippen LogP contribution in [0.2, 0.25) is 0 Å². The smallest absolute Gasteiger partial charge is 0.135 e. The highest BCUT2D eigenvalue weighted by Gasteiger charge is 2.21. The fourth-order valence-electron chi connectivity index (χ4n) is 7.66. The molecule has 0 aliphatic carbocycles. The minimum Gasteiger partial charge on any atom is -0.456 e. The van der Waals surface area contributed by atoms with E-state index in [0.717, 1.165) is 66.9 Å². The van der Waals surface area contributed by atoms with E-state index in [1.54, 1.807) is 0 Å². The lowest BCUT2D eigenvalue weighted by Gasteiger charge is -2.29. The molecular weight excluding hydrogens is 621 g/mol. The molecule has 3 nitrogen and oxygen atoms in total. The van der Waals surface area contributed by atoms with Crippen LogP contribution in [0.3, 0.4) is 0 Å². The zero-order chi connectivity index (χ0) is 33.7. The number of rotatable bonds is 6. The monoisotopic (exact) mass is 652 g/mol. The molecule has 2 heterocycles. The first-order valence-electron chi connectivity index (χ1n) is 17.4. The SMILES string of the molecule is c1ccc(-c2cc(N(c3ccc4oc5ccccc5c4c3)c3ccccc3-c3ccccc3)cc(-n3c4ccccc4c4ccccc43)c2)cc1. The summed E-state index contributed by atoms with van der Waals surface area (Å²) in [7, 11) is 0. The summed E-state index contributed by atoms with van der Waals surface area (Å²) >= 11 is 0. The van der Waals surface area contributed by atoms with E-state index in [4.69, 9.17) is 4.42 Å². The van der Waals surface area contributed by atoms with Gasteiger partial charge in [0.15, 0.2) is 0 Å². The molecule has 0 radical (unpaired) electrons. The van der Waals surface area contributed by atoms with Crippen molar-refractivity contribution >= 4 is 60.8 Å². The standard InChI is InChI=1S/C48H32N2O/c1-3-15-33(16-4-1)35-29-37(31-38(30-35)50-45-24-12-8-20-40(45)41-21-9-13-25-46(41)50)49(44-23-11-7-19-39(44)34-17-5-2-6-18-34)36-27-28-48-43(32-36)42-22-10-14-26-47(42)51-48/h1-32H. The maximum Gasteiger partial charge on any atom is 0.135 e. The van der Waals surface area contributed by atoms with Gasteiger partial charge in [-0.2, -0.15) is 0 Å². The van der Waals surface area contributed by atoms with Crippen molar-refractivity contribution in [3.05, 3.63) is 194 Å². The minimum atomic E-state index is 0.875. The molecule has 0 saturated carbocycles. The molecule has 0 unspecified atom stereocenters. The summed E-state index contributed by atoms with van der Waals surface area (Å²) in [6, 6.07) is 69.3. The zero-order valence-corrected chi connectivity index (χ0v) is 27.8. The van der Waals surface area contributed by atoms with Crippen LogP contribution in [0.4, 0.5) is 17.1 Å². The van der Waals surface area contributed by atoms with Crippen LogP contribution in [-0.4, -0.2) is 4.57 Å². The van der Waals surface area contributed by atoms with Crippen molar-refractivity contribution in [3.8, 4) is 27.9 Å². The average molecular weight is 653 g/mol. The Balaban J connectivity index is 1.30. The van der Waals surface area contributed by atoms with E-state index in [-0.39, 0.29) is 0 Å². The van der Waals surface area contributed by atoms with E-state index >= 15 is 0 Å². The molecule has 10 rings (SSSR count). The molecule has 0 saturated heterocycles. The Hall–Kier alpha value is -6.84. The van der Waals surface area contributed by atoms with Gasteiger partial charge in [-0.3, -0.25) is 0 Å². The molecule has 0 aliphatic rings. The molecule has 0 fully saturated rings. The fraction of sp³-hybridized carbons (Fsp3) is 0. The number of aromatic nitrogens is 1. The van der Waals surface area contributed by atoms with Crippen LogP contribution in [0.25, 0.3) is 71.7 Å². The Bertz CT molecular complexity index is 2810. The lowest BCUT2D eigenvalue weighted by molar-refractivity contribution is 0.669. The summed E-state index contributed by atoms with van der Waals surface area (Å²) in [5, 5.41) is 4.67. The molecule has 8 aromatic carbocycles. The van der Waals surface area contributed by atoms with Crippen molar-refractivity contribution in [2.45, 2.75) is 0 Å². The largest absolute Gasteiger partial charge is 0.456 e. The van der Waals surface area contributed by atoms with Crippen LogP contribution in [0.15, 0.2) is 199 Å². The second-order valence-corrected chi connectivity index (χ2v) is 13.0. The second kappa shape index (κ2) is 11.9. The van der Waals surface area contributed by atoms with Gasteiger partial charge in [0, 0.05) is 44.2 Å². The lowest BCUT2D eigenvalue weighted by atomic mass is 10.00. The number of hydrogen-bond acceptors (Lipinski definition) is 2. The predicted molar refractivity (Wildman–Crippen MR) is 214 cm³/mol. The van der Waals surface area contributed by atoms with Crippen molar-refractivity contribution in [1.29, 1.82) is 0 Å². The van der Waals surface area contributed by atoms with E-state index in [2.05, 4.69) is 191 Å². The molecule has 0 amide bonds. The topological polar surface area (TPSA) is 21.3 Å². The van der Waals surface area contributed by atoms with Gasteiger partial charge in [-0.1, -0.05) is 133 Å². The summed E-state index contributed by atoms with van der Waals surface area (Å²) < 4.78 is 8.71. The summed E-state index contributed by atoms with van der Waals surface area (Å²) in [6.45, 7) is 0. The average Bonchev–Trinajstić information content (AvgIpc) is 3.74. The summed E-state index contributed by atoms with van der Waals surface area (Å²) in [6.07, 6.45) is 0. The number of hydrogen-bond donors (Lipinski definition) is 0. The van der Waals surface area contributed by atoms with Crippen LogP contribution in [0.5, 0.6) is 0 Å². The highest BCUT2D eigenvalue weighted by atomic mass is 16.3. The molecular formula is C48H32N2O. The van der Waals surface area contributed by atoms with Gasteiger partial charge in [-0.05, 0) is 77.4 Å². The van der Waals surface area contributed by atoms with Gasteiger partial charge >= 0.3 is 0 Å². The number of furan rings is 1. The Morgan fingerprint density at radius 2 is 0.961 bits per heavy atom. The molecule has 10 aromatic rings. The molecule has 0 bridgehead atoms. The number of nitrogens with zero attached hydrogens (tertiary/aromatic N) is 2. The van der Waals surface area contributed by atoms with E-state index in [1.807, 2.05) is 12.1 Å². The van der Waals surface area contributed by atoms with Crippen LogP contribution in [0.1, 0.15) is 0 Å². The second-order valence-electron chi connectivity index (χ2n) is 13.0. The number of benzene rings is 8. The third kappa shape index (κ3) is 4.90. The fourth-order valence-corrected chi connectivity index (χ4v) is 7.66. The molecule has 51 heavy (non-hydrogen) atoms. The molecule has 0 N–H and O–H groups in total. The summed E-state index contributed by atoms with van der Waals surface area (Å²) in [4.78, 5) is 2.41. The lowest BCUT2D eigenvalue weighted by Crippen LogP contribution is -2.12. The Labute approximate surface area is 295 Å². The van der Waals surface area contributed by atoms with Gasteiger partial charge in [-0.25, -0.2) is 0 Å². The molecule has 240 valence electrons. The third-order valence-electron chi connectivity index (χ3n) is 9.95. The van der Waals surface area contributed by atoms with Gasteiger partial charge < -0.3 is 13.9 Å². The third-order valence-corrected chi connectivity index (χ3v) is 9.95. The number of para-hydroxylation sites is 4. The molecule has 2 aromatic heterocycles. The first kappa shape index (κ1) is 29.1. The predicted octanol–water partition coefficient (Wildman–Crippen LogP) is 13.5. The molecule has 0 aliphatic heterocycles. The first-order chi connectivity index (χ1) is 25.3. The number of fused-ring (bicyclic) bond motifs is 6. The van der Waals surface area contributed by atoms with Gasteiger partial charge in [0.2, 0.25) is 0 Å².